The minimum absolute atomic E-state index is 0.730. The highest BCUT2D eigenvalue weighted by molar-refractivity contribution is 4.97. The highest BCUT2D eigenvalue weighted by Gasteiger charge is 2.43. The lowest BCUT2D eigenvalue weighted by Gasteiger charge is -2.33. The second-order valence-corrected chi connectivity index (χ2v) is 5.20. The highest BCUT2D eigenvalue weighted by atomic mass is 15.2. The van der Waals surface area contributed by atoms with Crippen LogP contribution in [0.3, 0.4) is 0 Å². The summed E-state index contributed by atoms with van der Waals surface area (Å²) in [5.41, 5.74) is 0.730. The maximum atomic E-state index is 3.48. The number of nitrogens with zero attached hydrogens (tertiary/aromatic N) is 1. The van der Waals surface area contributed by atoms with Crippen LogP contribution in [0.25, 0.3) is 0 Å². The van der Waals surface area contributed by atoms with Crippen molar-refractivity contribution in [3.8, 4) is 0 Å². The predicted molar refractivity (Wildman–Crippen MR) is 53.7 cm³/mol. The number of piperidine rings is 1. The zero-order valence-electron chi connectivity index (χ0n) is 8.39. The van der Waals surface area contributed by atoms with Crippen molar-refractivity contribution in [3.05, 3.63) is 0 Å². The molecule has 2 heteroatoms. The molecule has 74 valence electrons. The Hall–Kier alpha value is -0.0800. The molecule has 0 aromatic carbocycles. The summed E-state index contributed by atoms with van der Waals surface area (Å²) in [4.78, 5) is 2.76. The van der Waals surface area contributed by atoms with Crippen molar-refractivity contribution in [2.75, 3.05) is 26.2 Å². The van der Waals surface area contributed by atoms with Gasteiger partial charge in [0.05, 0.1) is 0 Å². The van der Waals surface area contributed by atoms with Gasteiger partial charge in [0.15, 0.2) is 0 Å². The smallest absolute Gasteiger partial charge is 0.00966 e. The summed E-state index contributed by atoms with van der Waals surface area (Å²) >= 11 is 0. The Morgan fingerprint density at radius 3 is 2.54 bits per heavy atom. The molecule has 2 nitrogen and oxygen atoms in total. The molecule has 0 unspecified atom stereocenters. The van der Waals surface area contributed by atoms with E-state index in [1.165, 1.54) is 58.3 Å². The lowest BCUT2D eigenvalue weighted by molar-refractivity contribution is 0.193. The molecule has 1 N–H and O–H groups in total. The van der Waals surface area contributed by atoms with Gasteiger partial charge in [0.25, 0.3) is 0 Å². The lowest BCUT2D eigenvalue weighted by atomic mass is 9.78. The third kappa shape index (κ3) is 1.50. The van der Waals surface area contributed by atoms with Crippen LogP contribution in [-0.4, -0.2) is 37.1 Å². The van der Waals surface area contributed by atoms with E-state index in [4.69, 9.17) is 0 Å². The van der Waals surface area contributed by atoms with E-state index < -0.39 is 0 Å². The standard InChI is InChI=1S/C11H20N2/c1-2-10(1)13-8-5-11(9-13)3-6-12-7-4-11/h10,12H,1-9H2. The molecule has 0 radical (unpaired) electrons. The van der Waals surface area contributed by atoms with Gasteiger partial charge in [-0.2, -0.15) is 0 Å². The van der Waals surface area contributed by atoms with Crippen molar-refractivity contribution in [1.29, 1.82) is 0 Å². The molecule has 1 spiro atoms. The summed E-state index contributed by atoms with van der Waals surface area (Å²) in [6, 6.07) is 0.995. The first-order valence-electron chi connectivity index (χ1n) is 5.83. The fourth-order valence-corrected chi connectivity index (χ4v) is 3.09. The van der Waals surface area contributed by atoms with E-state index in [0.717, 1.165) is 11.5 Å². The largest absolute Gasteiger partial charge is 0.317 e. The molecular formula is C11H20N2. The second-order valence-electron chi connectivity index (χ2n) is 5.20. The Morgan fingerprint density at radius 1 is 1.08 bits per heavy atom. The zero-order valence-corrected chi connectivity index (χ0v) is 8.39. The summed E-state index contributed by atoms with van der Waals surface area (Å²) in [5, 5.41) is 3.48. The zero-order chi connectivity index (χ0) is 8.73. The normalized spacial score (nSPS) is 34.2. The van der Waals surface area contributed by atoms with Crippen LogP contribution in [0.4, 0.5) is 0 Å². The molecule has 0 amide bonds. The molecule has 13 heavy (non-hydrogen) atoms. The van der Waals surface area contributed by atoms with Gasteiger partial charge in [-0.1, -0.05) is 0 Å². The Bertz CT molecular complexity index is 192. The molecule has 1 saturated carbocycles. The lowest BCUT2D eigenvalue weighted by Crippen LogP contribution is -2.39. The second kappa shape index (κ2) is 2.96. The average Bonchev–Trinajstić information content (AvgIpc) is 2.93. The third-order valence-corrected chi connectivity index (χ3v) is 4.20. The summed E-state index contributed by atoms with van der Waals surface area (Å²) in [7, 11) is 0. The Labute approximate surface area is 80.7 Å². The Morgan fingerprint density at radius 2 is 1.85 bits per heavy atom. The SMILES string of the molecule is C1CC2(CCN1)CCN(C1CC1)C2. The molecule has 3 aliphatic rings. The summed E-state index contributed by atoms with van der Waals surface area (Å²) < 4.78 is 0. The van der Waals surface area contributed by atoms with E-state index >= 15 is 0 Å². The third-order valence-electron chi connectivity index (χ3n) is 4.20. The fourth-order valence-electron chi connectivity index (χ4n) is 3.09. The van der Waals surface area contributed by atoms with Gasteiger partial charge in [0, 0.05) is 12.6 Å². The van der Waals surface area contributed by atoms with Crippen molar-refractivity contribution in [2.45, 2.75) is 38.1 Å². The molecule has 2 saturated heterocycles. The minimum Gasteiger partial charge on any atom is -0.317 e. The number of rotatable bonds is 1. The van der Waals surface area contributed by atoms with E-state index in [9.17, 15) is 0 Å². The number of likely N-dealkylation sites (tertiary alicyclic amines) is 1. The first-order valence-corrected chi connectivity index (χ1v) is 5.83. The molecule has 0 atom stereocenters. The van der Waals surface area contributed by atoms with Crippen LogP contribution in [0, 0.1) is 5.41 Å². The van der Waals surface area contributed by atoms with Crippen molar-refractivity contribution in [3.63, 3.8) is 0 Å². The Balaban J connectivity index is 1.64. The van der Waals surface area contributed by atoms with E-state index in [-0.39, 0.29) is 0 Å². The van der Waals surface area contributed by atoms with Crippen LogP contribution in [-0.2, 0) is 0 Å². The maximum absolute atomic E-state index is 3.48. The Kier molecular flexibility index (Phi) is 1.88. The summed E-state index contributed by atoms with van der Waals surface area (Å²) in [5.74, 6) is 0. The van der Waals surface area contributed by atoms with Crippen LogP contribution in [0.5, 0.6) is 0 Å². The topological polar surface area (TPSA) is 15.3 Å². The molecular weight excluding hydrogens is 160 g/mol. The van der Waals surface area contributed by atoms with Gasteiger partial charge in [0.1, 0.15) is 0 Å². The van der Waals surface area contributed by atoms with Gasteiger partial charge in [-0.3, -0.25) is 4.90 Å². The number of hydrogen-bond donors (Lipinski definition) is 1. The number of nitrogens with one attached hydrogen (secondary N) is 1. The van der Waals surface area contributed by atoms with Crippen LogP contribution in [0.1, 0.15) is 32.1 Å². The molecule has 0 aromatic heterocycles. The quantitative estimate of drug-likeness (QED) is 0.653. The van der Waals surface area contributed by atoms with Crippen molar-refractivity contribution in [1.82, 2.24) is 10.2 Å². The van der Waals surface area contributed by atoms with Gasteiger partial charge in [-0.05, 0) is 57.2 Å². The van der Waals surface area contributed by atoms with Crippen molar-refractivity contribution in [2.24, 2.45) is 5.41 Å². The van der Waals surface area contributed by atoms with Crippen molar-refractivity contribution < 1.29 is 0 Å². The van der Waals surface area contributed by atoms with E-state index in [1.54, 1.807) is 0 Å². The fraction of sp³-hybridized carbons (Fsp3) is 1.00. The number of hydrogen-bond acceptors (Lipinski definition) is 2. The summed E-state index contributed by atoms with van der Waals surface area (Å²) in [6.45, 7) is 5.33. The summed E-state index contributed by atoms with van der Waals surface area (Å²) in [6.07, 6.45) is 7.29. The van der Waals surface area contributed by atoms with Gasteiger partial charge < -0.3 is 5.32 Å². The van der Waals surface area contributed by atoms with E-state index in [0.29, 0.717) is 0 Å². The van der Waals surface area contributed by atoms with Crippen LogP contribution >= 0.6 is 0 Å². The first-order chi connectivity index (χ1) is 6.38. The van der Waals surface area contributed by atoms with E-state index in [2.05, 4.69) is 10.2 Å². The molecule has 3 rings (SSSR count). The monoisotopic (exact) mass is 180 g/mol. The molecule has 0 bridgehead atoms. The van der Waals surface area contributed by atoms with Gasteiger partial charge in [-0.25, -0.2) is 0 Å². The molecule has 2 heterocycles. The van der Waals surface area contributed by atoms with Gasteiger partial charge in [0.2, 0.25) is 0 Å². The average molecular weight is 180 g/mol. The van der Waals surface area contributed by atoms with Gasteiger partial charge in [-0.15, -0.1) is 0 Å². The molecule has 3 fully saturated rings. The predicted octanol–water partition coefficient (Wildman–Crippen LogP) is 1.22. The van der Waals surface area contributed by atoms with Crippen molar-refractivity contribution >= 4 is 0 Å². The maximum Gasteiger partial charge on any atom is 0.00966 e. The van der Waals surface area contributed by atoms with E-state index in [1.807, 2.05) is 0 Å². The van der Waals surface area contributed by atoms with Crippen LogP contribution in [0.15, 0.2) is 0 Å². The van der Waals surface area contributed by atoms with Crippen LogP contribution in [0.2, 0.25) is 0 Å². The molecule has 2 aliphatic heterocycles. The molecule has 0 aromatic rings. The minimum atomic E-state index is 0.730. The molecule has 1 aliphatic carbocycles. The van der Waals surface area contributed by atoms with Gasteiger partial charge >= 0.3 is 0 Å². The highest BCUT2D eigenvalue weighted by Crippen LogP contribution is 2.42. The van der Waals surface area contributed by atoms with Crippen LogP contribution < -0.4 is 5.32 Å². The first kappa shape index (κ1) is 8.25.